The molecular weight excluding hydrogens is 366 g/mol. The van der Waals surface area contributed by atoms with E-state index in [0.29, 0.717) is 37.4 Å². The summed E-state index contributed by atoms with van der Waals surface area (Å²) in [5.41, 5.74) is 0.971. The van der Waals surface area contributed by atoms with Crippen molar-refractivity contribution in [1.29, 1.82) is 0 Å². The van der Waals surface area contributed by atoms with Crippen molar-refractivity contribution in [2.75, 3.05) is 19.7 Å². The molecule has 154 valence electrons. The molecule has 6 nitrogen and oxygen atoms in total. The molecule has 2 aromatic rings. The van der Waals surface area contributed by atoms with Crippen LogP contribution in [-0.4, -0.2) is 41.5 Å². The molecule has 1 saturated carbocycles. The zero-order chi connectivity index (χ0) is 19.9. The molecule has 6 heteroatoms. The Morgan fingerprint density at radius 2 is 1.90 bits per heavy atom. The largest absolute Gasteiger partial charge is 0.490 e. The van der Waals surface area contributed by atoms with Crippen LogP contribution >= 0.6 is 0 Å². The number of para-hydroxylation sites is 2. The average Bonchev–Trinajstić information content (AvgIpc) is 3.53. The number of benzene rings is 1. The van der Waals surface area contributed by atoms with Crippen LogP contribution in [0.2, 0.25) is 0 Å². The first-order valence-corrected chi connectivity index (χ1v) is 10.6. The highest BCUT2D eigenvalue weighted by molar-refractivity contribution is 5.78. The third-order valence-corrected chi connectivity index (χ3v) is 5.24. The Labute approximate surface area is 172 Å². The summed E-state index contributed by atoms with van der Waals surface area (Å²) in [6.45, 7) is 2.58. The standard InChI is InChI=1S/C23H29N3O3/c27-22(25-19-11-12-19)17-26-14-5-1-2-6-15-28-20-9-3-4-10-21(20)29-23-18(16-26)8-7-13-24-23/h3-4,7-10,13,19H,1-2,5-6,11-12,14-17H2,(H,25,27). The summed E-state index contributed by atoms with van der Waals surface area (Å²) >= 11 is 0. The molecule has 1 N–H and O–H groups in total. The van der Waals surface area contributed by atoms with Crippen LogP contribution in [0.3, 0.4) is 0 Å². The van der Waals surface area contributed by atoms with Crippen molar-refractivity contribution in [3.8, 4) is 17.4 Å². The molecule has 1 aromatic carbocycles. The van der Waals surface area contributed by atoms with Gasteiger partial charge in [0.05, 0.1) is 13.2 Å². The predicted octanol–water partition coefficient (Wildman–Crippen LogP) is 3.91. The number of aromatic nitrogens is 1. The molecule has 0 unspecified atom stereocenters. The maximum Gasteiger partial charge on any atom is 0.234 e. The van der Waals surface area contributed by atoms with E-state index in [1.807, 2.05) is 36.4 Å². The van der Waals surface area contributed by atoms with Gasteiger partial charge in [0.15, 0.2) is 11.5 Å². The smallest absolute Gasteiger partial charge is 0.234 e. The van der Waals surface area contributed by atoms with Crippen molar-refractivity contribution < 1.29 is 14.3 Å². The van der Waals surface area contributed by atoms with Gasteiger partial charge in [0.2, 0.25) is 11.8 Å². The molecule has 4 rings (SSSR count). The van der Waals surface area contributed by atoms with Crippen molar-refractivity contribution in [2.24, 2.45) is 0 Å². The van der Waals surface area contributed by atoms with Crippen LogP contribution in [0, 0.1) is 0 Å². The second-order valence-corrected chi connectivity index (χ2v) is 7.83. The van der Waals surface area contributed by atoms with E-state index in [4.69, 9.17) is 9.47 Å². The molecule has 1 amide bonds. The van der Waals surface area contributed by atoms with Gasteiger partial charge in [-0.1, -0.05) is 31.0 Å². The predicted molar refractivity (Wildman–Crippen MR) is 111 cm³/mol. The molecule has 0 spiro atoms. The molecule has 1 fully saturated rings. The number of fused-ring (bicyclic) bond motifs is 2. The molecule has 0 atom stereocenters. The SMILES string of the molecule is O=C(CN1CCCCCCOc2ccccc2Oc2ncccc2C1)NC1CC1. The van der Waals surface area contributed by atoms with Crippen molar-refractivity contribution in [3.05, 3.63) is 48.2 Å². The zero-order valence-electron chi connectivity index (χ0n) is 16.8. The number of nitrogens with one attached hydrogen (secondary N) is 1. The van der Waals surface area contributed by atoms with E-state index in [0.717, 1.165) is 56.4 Å². The summed E-state index contributed by atoms with van der Waals surface area (Å²) < 4.78 is 12.1. The second kappa shape index (κ2) is 9.74. The Kier molecular flexibility index (Phi) is 6.62. The van der Waals surface area contributed by atoms with E-state index >= 15 is 0 Å². The summed E-state index contributed by atoms with van der Waals surface area (Å²) in [6, 6.07) is 12.0. The first kappa shape index (κ1) is 19.7. The van der Waals surface area contributed by atoms with Crippen molar-refractivity contribution in [1.82, 2.24) is 15.2 Å². The van der Waals surface area contributed by atoms with Gasteiger partial charge >= 0.3 is 0 Å². The molecule has 29 heavy (non-hydrogen) atoms. The van der Waals surface area contributed by atoms with Crippen LogP contribution in [0.5, 0.6) is 17.4 Å². The van der Waals surface area contributed by atoms with E-state index in [1.54, 1.807) is 6.20 Å². The minimum Gasteiger partial charge on any atom is -0.490 e. The van der Waals surface area contributed by atoms with Crippen LogP contribution in [0.25, 0.3) is 0 Å². The first-order chi connectivity index (χ1) is 14.3. The van der Waals surface area contributed by atoms with Crippen LogP contribution in [0.1, 0.15) is 44.1 Å². The van der Waals surface area contributed by atoms with Crippen LogP contribution in [-0.2, 0) is 11.3 Å². The number of amides is 1. The Hall–Kier alpha value is -2.60. The third kappa shape index (κ3) is 5.94. The topological polar surface area (TPSA) is 63.7 Å². The fourth-order valence-electron chi connectivity index (χ4n) is 3.53. The average molecular weight is 396 g/mol. The number of rotatable bonds is 3. The maximum atomic E-state index is 12.4. The minimum absolute atomic E-state index is 0.110. The number of hydrogen-bond donors (Lipinski definition) is 1. The van der Waals surface area contributed by atoms with Gasteiger partial charge in [-0.15, -0.1) is 0 Å². The van der Waals surface area contributed by atoms with Crippen LogP contribution in [0.4, 0.5) is 0 Å². The summed E-state index contributed by atoms with van der Waals surface area (Å²) in [4.78, 5) is 19.1. The Morgan fingerprint density at radius 3 is 2.76 bits per heavy atom. The molecule has 1 aliphatic carbocycles. The highest BCUT2D eigenvalue weighted by Gasteiger charge is 2.24. The number of hydrogen-bond acceptors (Lipinski definition) is 5. The lowest BCUT2D eigenvalue weighted by atomic mass is 10.1. The van der Waals surface area contributed by atoms with Gasteiger partial charge in [0.25, 0.3) is 0 Å². The first-order valence-electron chi connectivity index (χ1n) is 10.6. The van der Waals surface area contributed by atoms with E-state index in [1.165, 1.54) is 0 Å². The number of pyridine rings is 1. The number of carbonyl (C=O) groups is 1. The van der Waals surface area contributed by atoms with Gasteiger partial charge in [-0.2, -0.15) is 0 Å². The monoisotopic (exact) mass is 395 g/mol. The summed E-state index contributed by atoms with van der Waals surface area (Å²) in [5.74, 6) is 2.08. The third-order valence-electron chi connectivity index (χ3n) is 5.24. The Balaban J connectivity index is 1.54. The highest BCUT2D eigenvalue weighted by atomic mass is 16.5. The fraction of sp³-hybridized carbons (Fsp3) is 0.478. The summed E-state index contributed by atoms with van der Waals surface area (Å²) in [5, 5.41) is 3.10. The highest BCUT2D eigenvalue weighted by Crippen LogP contribution is 2.32. The van der Waals surface area contributed by atoms with Gasteiger partial charge < -0.3 is 14.8 Å². The Morgan fingerprint density at radius 1 is 1.07 bits per heavy atom. The quantitative estimate of drug-likeness (QED) is 0.854. The van der Waals surface area contributed by atoms with Crippen LogP contribution in [0.15, 0.2) is 42.6 Å². The molecule has 2 heterocycles. The maximum absolute atomic E-state index is 12.4. The molecule has 0 bridgehead atoms. The normalized spacial score (nSPS) is 18.3. The summed E-state index contributed by atoms with van der Waals surface area (Å²) in [6.07, 6.45) is 8.25. The van der Waals surface area contributed by atoms with E-state index in [9.17, 15) is 4.79 Å². The second-order valence-electron chi connectivity index (χ2n) is 7.83. The molecule has 1 aliphatic heterocycles. The van der Waals surface area contributed by atoms with Gasteiger partial charge in [0.1, 0.15) is 0 Å². The van der Waals surface area contributed by atoms with E-state index in [2.05, 4.69) is 15.2 Å². The number of carbonyl (C=O) groups excluding carboxylic acids is 1. The Bertz CT molecular complexity index is 823. The number of ether oxygens (including phenoxy) is 2. The van der Waals surface area contributed by atoms with Crippen molar-refractivity contribution >= 4 is 5.91 Å². The van der Waals surface area contributed by atoms with Crippen molar-refractivity contribution in [3.63, 3.8) is 0 Å². The van der Waals surface area contributed by atoms with E-state index < -0.39 is 0 Å². The van der Waals surface area contributed by atoms with E-state index in [-0.39, 0.29) is 5.91 Å². The van der Waals surface area contributed by atoms with Gasteiger partial charge in [-0.3, -0.25) is 9.69 Å². The van der Waals surface area contributed by atoms with Gasteiger partial charge in [0, 0.05) is 24.3 Å². The van der Waals surface area contributed by atoms with Gasteiger partial charge in [-0.25, -0.2) is 4.98 Å². The number of nitrogens with zero attached hydrogens (tertiary/aromatic N) is 2. The lowest BCUT2D eigenvalue weighted by molar-refractivity contribution is -0.122. The molecule has 0 saturated heterocycles. The fourth-order valence-corrected chi connectivity index (χ4v) is 3.53. The van der Waals surface area contributed by atoms with Gasteiger partial charge in [-0.05, 0) is 50.4 Å². The minimum atomic E-state index is 0.110. The molecular formula is C23H29N3O3. The molecule has 2 aliphatic rings. The van der Waals surface area contributed by atoms with Crippen LogP contribution < -0.4 is 14.8 Å². The lowest BCUT2D eigenvalue weighted by Gasteiger charge is -2.23. The zero-order valence-corrected chi connectivity index (χ0v) is 16.8. The molecule has 1 aromatic heterocycles. The lowest BCUT2D eigenvalue weighted by Crippen LogP contribution is -2.38. The molecule has 0 radical (unpaired) electrons. The van der Waals surface area contributed by atoms with Crippen molar-refractivity contribution in [2.45, 2.75) is 51.1 Å². The summed E-state index contributed by atoms with van der Waals surface area (Å²) in [7, 11) is 0.